The minimum Gasteiger partial charge on any atom is -0.316 e. The number of thiazole rings is 1. The monoisotopic (exact) mass is 258 g/mol. The molecule has 92 valence electrons. The van der Waals surface area contributed by atoms with Gasteiger partial charge in [-0.3, -0.25) is 0 Å². The van der Waals surface area contributed by atoms with E-state index in [0.717, 1.165) is 5.69 Å². The molecule has 16 heavy (non-hydrogen) atoms. The minimum absolute atomic E-state index is 0.601. The average molecular weight is 258 g/mol. The second-order valence-electron chi connectivity index (χ2n) is 4.00. The van der Waals surface area contributed by atoms with Gasteiger partial charge in [0.25, 0.3) is 0 Å². The molecule has 2 nitrogen and oxygen atoms in total. The lowest BCUT2D eigenvalue weighted by Gasteiger charge is -2.24. The highest BCUT2D eigenvalue weighted by Gasteiger charge is 2.19. The number of aryl methyl sites for hydroxylation is 1. The molecule has 1 N–H and O–H groups in total. The van der Waals surface area contributed by atoms with Crippen LogP contribution in [-0.4, -0.2) is 23.3 Å². The van der Waals surface area contributed by atoms with E-state index in [2.05, 4.69) is 43.5 Å². The Hall–Kier alpha value is -0.0600. The van der Waals surface area contributed by atoms with Crippen LogP contribution in [0.2, 0.25) is 0 Å². The first-order valence-electron chi connectivity index (χ1n) is 5.97. The summed E-state index contributed by atoms with van der Waals surface area (Å²) in [5.74, 6) is 0. The second kappa shape index (κ2) is 7.30. The molecule has 0 fully saturated rings. The Bertz CT molecular complexity index is 299. The molecule has 4 heteroatoms. The van der Waals surface area contributed by atoms with Crippen molar-refractivity contribution in [1.29, 1.82) is 0 Å². The maximum Gasteiger partial charge on any atom is 0.150 e. The molecule has 1 rings (SSSR count). The fourth-order valence-corrected chi connectivity index (χ4v) is 4.11. The molecular weight excluding hydrogens is 236 g/mol. The topological polar surface area (TPSA) is 24.9 Å². The van der Waals surface area contributed by atoms with Crippen molar-refractivity contribution in [2.24, 2.45) is 0 Å². The van der Waals surface area contributed by atoms with E-state index in [1.807, 2.05) is 11.8 Å². The molecule has 0 saturated heterocycles. The molecule has 1 aromatic rings. The van der Waals surface area contributed by atoms with Crippen molar-refractivity contribution in [1.82, 2.24) is 10.3 Å². The Morgan fingerprint density at radius 2 is 2.25 bits per heavy atom. The van der Waals surface area contributed by atoms with Gasteiger partial charge in [0.05, 0.1) is 0 Å². The lowest BCUT2D eigenvalue weighted by molar-refractivity contribution is 0.490. The summed E-state index contributed by atoms with van der Waals surface area (Å²) in [6, 6.07) is 0.601. The summed E-state index contributed by atoms with van der Waals surface area (Å²) in [4.78, 5) is 4.53. The van der Waals surface area contributed by atoms with E-state index in [4.69, 9.17) is 0 Å². The summed E-state index contributed by atoms with van der Waals surface area (Å²) in [7, 11) is 2.07. The van der Waals surface area contributed by atoms with Gasteiger partial charge in [0, 0.05) is 22.4 Å². The molecule has 0 aliphatic carbocycles. The third kappa shape index (κ3) is 4.07. The molecule has 0 aliphatic rings. The molecule has 0 amide bonds. The normalized spacial score (nSPS) is 15.0. The first-order chi connectivity index (χ1) is 7.71. The van der Waals surface area contributed by atoms with Gasteiger partial charge in [-0.25, -0.2) is 4.98 Å². The third-order valence-electron chi connectivity index (χ3n) is 2.67. The van der Waals surface area contributed by atoms with Crippen LogP contribution in [0.1, 0.15) is 38.8 Å². The molecule has 2 unspecified atom stereocenters. The van der Waals surface area contributed by atoms with Crippen molar-refractivity contribution >= 4 is 23.1 Å². The van der Waals surface area contributed by atoms with E-state index in [0.29, 0.717) is 11.3 Å². The number of nitrogens with zero attached hydrogens (tertiary/aromatic N) is 1. The number of hydrogen-bond acceptors (Lipinski definition) is 4. The molecule has 0 aliphatic heterocycles. The number of aromatic nitrogens is 1. The predicted octanol–water partition coefficient (Wildman–Crippen LogP) is 3.71. The maximum atomic E-state index is 4.53. The fourth-order valence-electron chi connectivity index (χ4n) is 1.79. The molecule has 1 aromatic heterocycles. The van der Waals surface area contributed by atoms with E-state index in [1.54, 1.807) is 11.3 Å². The number of thioether (sulfide) groups is 1. The van der Waals surface area contributed by atoms with Gasteiger partial charge in [0.15, 0.2) is 0 Å². The van der Waals surface area contributed by atoms with Crippen LogP contribution in [0.25, 0.3) is 0 Å². The van der Waals surface area contributed by atoms with Gasteiger partial charge >= 0.3 is 0 Å². The van der Waals surface area contributed by atoms with E-state index in [9.17, 15) is 0 Å². The maximum absolute atomic E-state index is 4.53. The highest BCUT2D eigenvalue weighted by Crippen LogP contribution is 2.31. The summed E-state index contributed by atoms with van der Waals surface area (Å²) < 4.78 is 1.21. The molecule has 0 radical (unpaired) electrons. The Labute approximate surface area is 107 Å². The van der Waals surface area contributed by atoms with Gasteiger partial charge in [0.1, 0.15) is 4.34 Å². The zero-order valence-electron chi connectivity index (χ0n) is 10.6. The standard InChI is InChI=1S/C12H22N2S2/c1-5-7-10(13-4)11(6-2)16-12-14-9(3)8-15-12/h8,10-11,13H,5-7H2,1-4H3. The van der Waals surface area contributed by atoms with Crippen LogP contribution < -0.4 is 5.32 Å². The minimum atomic E-state index is 0.601. The van der Waals surface area contributed by atoms with Crippen LogP contribution in [0.4, 0.5) is 0 Å². The first kappa shape index (κ1) is 14.0. The highest BCUT2D eigenvalue weighted by molar-refractivity contribution is 8.01. The van der Waals surface area contributed by atoms with E-state index < -0.39 is 0 Å². The Morgan fingerprint density at radius 3 is 2.69 bits per heavy atom. The third-order valence-corrected chi connectivity index (χ3v) is 5.26. The number of rotatable bonds is 7. The lowest BCUT2D eigenvalue weighted by Crippen LogP contribution is -2.35. The van der Waals surface area contributed by atoms with Crippen LogP contribution >= 0.6 is 23.1 Å². The largest absolute Gasteiger partial charge is 0.316 e. The highest BCUT2D eigenvalue weighted by atomic mass is 32.2. The molecule has 0 spiro atoms. The fraction of sp³-hybridized carbons (Fsp3) is 0.750. The van der Waals surface area contributed by atoms with Crippen molar-refractivity contribution in [3.05, 3.63) is 11.1 Å². The zero-order valence-corrected chi connectivity index (χ0v) is 12.3. The van der Waals surface area contributed by atoms with Gasteiger partial charge in [-0.1, -0.05) is 32.0 Å². The molecular formula is C12H22N2S2. The average Bonchev–Trinajstić information content (AvgIpc) is 2.69. The number of nitrogens with one attached hydrogen (secondary N) is 1. The van der Waals surface area contributed by atoms with Crippen molar-refractivity contribution in [2.45, 2.75) is 55.7 Å². The first-order valence-corrected chi connectivity index (χ1v) is 7.73. The van der Waals surface area contributed by atoms with Crippen molar-refractivity contribution in [3.8, 4) is 0 Å². The SMILES string of the molecule is CCCC(NC)C(CC)Sc1nc(C)cs1. The smallest absolute Gasteiger partial charge is 0.150 e. The molecule has 2 atom stereocenters. The van der Waals surface area contributed by atoms with Crippen LogP contribution in [0.15, 0.2) is 9.72 Å². The summed E-state index contributed by atoms with van der Waals surface area (Å²) in [6.07, 6.45) is 3.67. The summed E-state index contributed by atoms with van der Waals surface area (Å²) in [5, 5.41) is 6.20. The van der Waals surface area contributed by atoms with Gasteiger partial charge in [-0.05, 0) is 26.8 Å². The molecule has 0 saturated carbocycles. The molecule has 1 heterocycles. The summed E-state index contributed by atoms with van der Waals surface area (Å²) in [6.45, 7) is 6.57. The van der Waals surface area contributed by atoms with Gasteiger partial charge in [-0.2, -0.15) is 0 Å². The predicted molar refractivity (Wildman–Crippen MR) is 74.5 cm³/mol. The summed E-state index contributed by atoms with van der Waals surface area (Å²) in [5.41, 5.74) is 1.14. The molecule has 0 bridgehead atoms. The Morgan fingerprint density at radius 1 is 1.50 bits per heavy atom. The van der Waals surface area contributed by atoms with Crippen LogP contribution in [0.5, 0.6) is 0 Å². The summed E-state index contributed by atoms with van der Waals surface area (Å²) >= 11 is 3.69. The van der Waals surface area contributed by atoms with Crippen LogP contribution in [0.3, 0.4) is 0 Å². The lowest BCUT2D eigenvalue weighted by atomic mass is 10.1. The van der Waals surface area contributed by atoms with Crippen molar-refractivity contribution in [3.63, 3.8) is 0 Å². The van der Waals surface area contributed by atoms with Gasteiger partial charge in [0.2, 0.25) is 0 Å². The zero-order chi connectivity index (χ0) is 12.0. The Kier molecular flexibility index (Phi) is 6.39. The van der Waals surface area contributed by atoms with E-state index >= 15 is 0 Å². The van der Waals surface area contributed by atoms with E-state index in [-0.39, 0.29) is 0 Å². The quantitative estimate of drug-likeness (QED) is 0.755. The van der Waals surface area contributed by atoms with Crippen molar-refractivity contribution in [2.75, 3.05) is 7.05 Å². The van der Waals surface area contributed by atoms with E-state index in [1.165, 1.54) is 23.6 Å². The van der Waals surface area contributed by atoms with Crippen LogP contribution in [-0.2, 0) is 0 Å². The molecule has 0 aromatic carbocycles. The van der Waals surface area contributed by atoms with Gasteiger partial charge < -0.3 is 5.32 Å². The van der Waals surface area contributed by atoms with Gasteiger partial charge in [-0.15, -0.1) is 11.3 Å². The Balaban J connectivity index is 2.59. The number of hydrogen-bond donors (Lipinski definition) is 1. The van der Waals surface area contributed by atoms with Crippen molar-refractivity contribution < 1.29 is 0 Å². The second-order valence-corrected chi connectivity index (χ2v) is 6.35. The van der Waals surface area contributed by atoms with Crippen LogP contribution in [0, 0.1) is 6.92 Å².